The number of nitriles is 1. The maximum atomic E-state index is 13.9. The molecular formula is C26H25F5N6O3. The number of aromatic nitrogens is 3. The smallest absolute Gasteiger partial charge is 0.369 e. The van der Waals surface area contributed by atoms with E-state index in [1.807, 2.05) is 6.07 Å². The monoisotopic (exact) mass is 564 g/mol. The van der Waals surface area contributed by atoms with Crippen LogP contribution < -0.4 is 10.6 Å². The van der Waals surface area contributed by atoms with E-state index in [0.717, 1.165) is 0 Å². The molecule has 2 amide bonds. The Balaban J connectivity index is 1.55. The highest BCUT2D eigenvalue weighted by atomic mass is 19.4. The molecule has 0 aliphatic heterocycles. The van der Waals surface area contributed by atoms with Crippen molar-refractivity contribution < 1.29 is 36.6 Å². The van der Waals surface area contributed by atoms with Crippen molar-refractivity contribution in [1.29, 1.82) is 5.26 Å². The molecule has 0 spiro atoms. The summed E-state index contributed by atoms with van der Waals surface area (Å²) in [5.41, 5.74) is 1.20. The lowest BCUT2D eigenvalue weighted by Gasteiger charge is -2.33. The second-order valence-corrected chi connectivity index (χ2v) is 9.68. The quantitative estimate of drug-likeness (QED) is 0.275. The summed E-state index contributed by atoms with van der Waals surface area (Å²) in [6.45, 7) is 0. The predicted octanol–water partition coefficient (Wildman–Crippen LogP) is 4.35. The summed E-state index contributed by atoms with van der Waals surface area (Å²) < 4.78 is 66.2. The summed E-state index contributed by atoms with van der Waals surface area (Å²) in [5, 5.41) is 28.3. The zero-order valence-electron chi connectivity index (χ0n) is 21.0. The van der Waals surface area contributed by atoms with Crippen LogP contribution in [0.4, 0.5) is 22.0 Å². The fourth-order valence-electron chi connectivity index (χ4n) is 4.52. The molecule has 14 heteroatoms. The van der Waals surface area contributed by atoms with Gasteiger partial charge in [0.1, 0.15) is 0 Å². The normalized spacial score (nSPS) is 17.1. The molecule has 0 saturated heterocycles. The Morgan fingerprint density at radius 3 is 2.48 bits per heavy atom. The number of aliphatic hydroxyl groups is 1. The highest BCUT2D eigenvalue weighted by Gasteiger charge is 2.39. The highest BCUT2D eigenvalue weighted by Crippen LogP contribution is 2.41. The van der Waals surface area contributed by atoms with Crippen molar-refractivity contribution in [2.24, 2.45) is 5.92 Å². The van der Waals surface area contributed by atoms with E-state index in [2.05, 4.69) is 20.7 Å². The Kier molecular flexibility index (Phi) is 8.34. The third-order valence-electron chi connectivity index (χ3n) is 6.72. The lowest BCUT2D eigenvalue weighted by atomic mass is 9.81. The summed E-state index contributed by atoms with van der Waals surface area (Å²) in [6.07, 6.45) is -6.11. The van der Waals surface area contributed by atoms with Crippen LogP contribution in [0.3, 0.4) is 0 Å². The van der Waals surface area contributed by atoms with Gasteiger partial charge < -0.3 is 15.7 Å². The predicted molar refractivity (Wildman–Crippen MR) is 130 cm³/mol. The van der Waals surface area contributed by atoms with Crippen molar-refractivity contribution in [2.45, 2.75) is 62.9 Å². The van der Waals surface area contributed by atoms with E-state index in [9.17, 15) is 36.6 Å². The summed E-state index contributed by atoms with van der Waals surface area (Å²) in [6, 6.07) is 8.46. The average molecular weight is 565 g/mol. The van der Waals surface area contributed by atoms with Gasteiger partial charge in [-0.05, 0) is 49.1 Å². The molecule has 1 aromatic carbocycles. The molecule has 40 heavy (non-hydrogen) atoms. The van der Waals surface area contributed by atoms with Crippen molar-refractivity contribution in [3.05, 3.63) is 65.1 Å². The van der Waals surface area contributed by atoms with E-state index >= 15 is 0 Å². The van der Waals surface area contributed by atoms with Crippen molar-refractivity contribution in [3.63, 3.8) is 0 Å². The maximum Gasteiger partial charge on any atom is 0.389 e. The molecule has 0 bridgehead atoms. The number of carbonyl (C=O) groups is 2. The second-order valence-electron chi connectivity index (χ2n) is 9.68. The van der Waals surface area contributed by atoms with Crippen LogP contribution in [0.15, 0.2) is 42.7 Å². The van der Waals surface area contributed by atoms with Crippen molar-refractivity contribution in [3.8, 4) is 6.07 Å². The first kappa shape index (κ1) is 28.9. The number of hydrogen-bond donors (Lipinski definition) is 3. The number of amides is 2. The molecular weight excluding hydrogens is 539 g/mol. The minimum absolute atomic E-state index is 0.0560. The lowest BCUT2D eigenvalue weighted by molar-refractivity contribution is -0.145. The molecule has 1 aliphatic rings. The number of rotatable bonds is 8. The van der Waals surface area contributed by atoms with Crippen LogP contribution in [0.1, 0.15) is 78.0 Å². The second kappa shape index (κ2) is 11.5. The molecule has 0 radical (unpaired) electrons. The minimum Gasteiger partial charge on any atom is -0.369 e. The van der Waals surface area contributed by atoms with E-state index in [0.29, 0.717) is 11.3 Å². The first-order valence-electron chi connectivity index (χ1n) is 12.4. The van der Waals surface area contributed by atoms with Crippen molar-refractivity contribution >= 4 is 17.5 Å². The Morgan fingerprint density at radius 2 is 1.85 bits per heavy atom. The largest absolute Gasteiger partial charge is 0.389 e. The summed E-state index contributed by atoms with van der Waals surface area (Å²) in [7, 11) is 0. The van der Waals surface area contributed by atoms with Crippen LogP contribution in [-0.4, -0.2) is 43.6 Å². The molecule has 9 nitrogen and oxygen atoms in total. The maximum absolute atomic E-state index is 13.9. The van der Waals surface area contributed by atoms with Crippen LogP contribution in [-0.2, 0) is 4.79 Å². The number of benzene rings is 1. The number of fused-ring (bicyclic) bond motifs is 1. The number of alkyl halides is 5. The third-order valence-corrected chi connectivity index (χ3v) is 6.72. The van der Waals surface area contributed by atoms with E-state index in [1.165, 1.54) is 47.2 Å². The number of halogens is 5. The molecule has 2 atom stereocenters. The summed E-state index contributed by atoms with van der Waals surface area (Å²) >= 11 is 0. The molecule has 3 aromatic rings. The number of imidazole rings is 1. The standard InChI is InChI=1S/C26H25F5N6O3/c27-25(28)8-5-16(6-9-25)22(36-23(39)17-3-1-15(12-32)2-4-17)19-14-37-20(34-19)11-18(13-33-37)24(40)35-21(38)7-10-26(29,30)31/h1-4,11,13-14,16,22,24,40H,5-10H2,(H,35,38)(H,36,39)/t22-,24+/m0/s1. The Morgan fingerprint density at radius 1 is 1.18 bits per heavy atom. The van der Waals surface area contributed by atoms with Gasteiger partial charge in [0.2, 0.25) is 11.8 Å². The molecule has 1 fully saturated rings. The van der Waals surface area contributed by atoms with Gasteiger partial charge in [-0.2, -0.15) is 23.5 Å². The van der Waals surface area contributed by atoms with Gasteiger partial charge in [0.25, 0.3) is 5.91 Å². The van der Waals surface area contributed by atoms with Crippen molar-refractivity contribution in [1.82, 2.24) is 25.2 Å². The van der Waals surface area contributed by atoms with Gasteiger partial charge >= 0.3 is 6.18 Å². The van der Waals surface area contributed by atoms with E-state index in [-0.39, 0.29) is 48.4 Å². The van der Waals surface area contributed by atoms with Gasteiger partial charge in [-0.15, -0.1) is 0 Å². The topological polar surface area (TPSA) is 132 Å². The fourth-order valence-corrected chi connectivity index (χ4v) is 4.52. The number of aliphatic hydroxyl groups excluding tert-OH is 1. The number of carbonyl (C=O) groups excluding carboxylic acids is 2. The number of nitrogens with one attached hydrogen (secondary N) is 2. The molecule has 1 aliphatic carbocycles. The van der Waals surface area contributed by atoms with Gasteiger partial charge in [0.15, 0.2) is 11.9 Å². The molecule has 2 heterocycles. The molecule has 212 valence electrons. The summed E-state index contributed by atoms with van der Waals surface area (Å²) in [5.74, 6) is -4.67. The van der Waals surface area contributed by atoms with Crippen LogP contribution in [0.5, 0.6) is 0 Å². The summed E-state index contributed by atoms with van der Waals surface area (Å²) in [4.78, 5) is 29.3. The third kappa shape index (κ3) is 7.29. The van der Waals surface area contributed by atoms with Crippen LogP contribution in [0.2, 0.25) is 0 Å². The molecule has 4 rings (SSSR count). The Hall–Kier alpha value is -4.12. The molecule has 0 unspecified atom stereocenters. The van der Waals surface area contributed by atoms with E-state index in [4.69, 9.17) is 5.26 Å². The van der Waals surface area contributed by atoms with Crippen molar-refractivity contribution in [2.75, 3.05) is 0 Å². The van der Waals surface area contributed by atoms with Gasteiger partial charge in [-0.3, -0.25) is 9.59 Å². The van der Waals surface area contributed by atoms with E-state index in [1.54, 1.807) is 0 Å². The van der Waals surface area contributed by atoms with Gasteiger partial charge in [-0.1, -0.05) is 0 Å². The minimum atomic E-state index is -4.52. The molecule has 3 N–H and O–H groups in total. The highest BCUT2D eigenvalue weighted by molar-refractivity contribution is 5.94. The van der Waals surface area contributed by atoms with Crippen LogP contribution in [0.25, 0.3) is 5.65 Å². The van der Waals surface area contributed by atoms with E-state index < -0.39 is 49.0 Å². The zero-order valence-corrected chi connectivity index (χ0v) is 21.0. The first-order chi connectivity index (χ1) is 18.8. The fraction of sp³-hybridized carbons (Fsp3) is 0.423. The number of hydrogen-bond acceptors (Lipinski definition) is 6. The van der Waals surface area contributed by atoms with Gasteiger partial charge in [0.05, 0.1) is 42.2 Å². The molecule has 1 saturated carbocycles. The number of nitrogens with zero attached hydrogens (tertiary/aromatic N) is 4. The average Bonchev–Trinajstić information content (AvgIpc) is 3.33. The van der Waals surface area contributed by atoms with Gasteiger partial charge in [0, 0.05) is 30.4 Å². The lowest BCUT2D eigenvalue weighted by Crippen LogP contribution is -2.37. The van der Waals surface area contributed by atoms with Gasteiger partial charge in [-0.25, -0.2) is 18.3 Å². The first-order valence-corrected chi connectivity index (χ1v) is 12.4. The molecule has 2 aromatic heterocycles. The van der Waals surface area contributed by atoms with Crippen LogP contribution in [0, 0.1) is 17.2 Å². The SMILES string of the molecule is N#Cc1ccc(C(=O)N[C@H](c2cn3ncc([C@@H](O)NC(=O)CCC(F)(F)F)cc3n2)C2CCC(F)(F)CC2)cc1. The van der Waals surface area contributed by atoms with Crippen LogP contribution >= 0.6 is 0 Å². The zero-order chi connectivity index (χ0) is 29.1. The Labute approximate surface area is 225 Å². The Bertz CT molecular complexity index is 1410.